The van der Waals surface area contributed by atoms with Crippen molar-refractivity contribution in [3.63, 3.8) is 0 Å². The molecule has 0 amide bonds. The van der Waals surface area contributed by atoms with Crippen LogP contribution in [-0.2, 0) is 4.43 Å². The van der Waals surface area contributed by atoms with Crippen LogP contribution in [0.4, 0.5) is 0 Å². The smallest absolute Gasteiger partial charge is 0.193 e. The summed E-state index contributed by atoms with van der Waals surface area (Å²) in [5, 5.41) is 0.283. The van der Waals surface area contributed by atoms with E-state index in [1.165, 1.54) is 64.2 Å². The van der Waals surface area contributed by atoms with Gasteiger partial charge in [0, 0.05) is 12.1 Å². The number of nitrogens with zero attached hydrogens (tertiary/aromatic N) is 1. The molecule has 0 aliphatic heterocycles. The summed E-state index contributed by atoms with van der Waals surface area (Å²) in [4.78, 5) is 2.91. The Morgan fingerprint density at radius 3 is 1.76 bits per heavy atom. The summed E-state index contributed by atoms with van der Waals surface area (Å²) in [7, 11) is -2.19. The normalized spacial score (nSPS) is 23.4. The van der Waals surface area contributed by atoms with E-state index in [9.17, 15) is 0 Å². The molecule has 2 aliphatic carbocycles. The Hall–Kier alpha value is 0.0938. The summed E-state index contributed by atoms with van der Waals surface area (Å²) in [6.45, 7) is 16.1. The minimum atomic E-state index is -1.75. The predicted octanol–water partition coefficient (Wildman–Crippen LogP) is 5.57. The highest BCUT2D eigenvalue weighted by Gasteiger charge is 2.42. The van der Waals surface area contributed by atoms with E-state index in [1.54, 1.807) is 0 Å². The molecule has 0 saturated heterocycles. The molecule has 2 nitrogen and oxygen atoms in total. The monoisotopic (exact) mass is 381 g/mol. The van der Waals surface area contributed by atoms with Gasteiger partial charge in [0.05, 0.1) is 15.4 Å². The first kappa shape index (κ1) is 21.4. The van der Waals surface area contributed by atoms with Crippen molar-refractivity contribution in [1.29, 1.82) is 0 Å². The quantitative estimate of drug-likeness (QED) is 0.422. The molecule has 0 aromatic rings. The van der Waals surface area contributed by atoms with E-state index in [1.807, 2.05) is 0 Å². The van der Waals surface area contributed by atoms with E-state index in [2.05, 4.69) is 51.0 Å². The van der Waals surface area contributed by atoms with Crippen LogP contribution in [0, 0.1) is 0 Å². The van der Waals surface area contributed by atoms with Crippen molar-refractivity contribution >= 4 is 17.8 Å². The van der Waals surface area contributed by atoms with E-state index in [4.69, 9.17) is 4.43 Å². The zero-order valence-electron chi connectivity index (χ0n) is 17.7. The molecule has 146 valence electrons. The van der Waals surface area contributed by atoms with Crippen molar-refractivity contribution in [3.05, 3.63) is 12.3 Å². The van der Waals surface area contributed by atoms with Crippen LogP contribution < -0.4 is 0 Å². The molecule has 0 spiro atoms. The van der Waals surface area contributed by atoms with E-state index >= 15 is 0 Å². The SMILES string of the molecule is C=C[SiH2]C(O[Si](C)(C)C(C)(C)C)N(C1CCCCC1)C1CCCCC1. The third-order valence-electron chi connectivity index (χ3n) is 6.93. The molecule has 0 radical (unpaired) electrons. The zero-order chi connectivity index (χ0) is 18.5. The van der Waals surface area contributed by atoms with Gasteiger partial charge >= 0.3 is 0 Å². The lowest BCUT2D eigenvalue weighted by molar-refractivity contribution is -0.0193. The molecule has 1 unspecified atom stereocenters. The van der Waals surface area contributed by atoms with Gasteiger partial charge in [0.2, 0.25) is 0 Å². The fourth-order valence-corrected chi connectivity index (χ4v) is 8.33. The minimum absolute atomic E-state index is 0.283. The standard InChI is InChI=1S/C21H43NOSi2/c1-7-24-20(23-25(5,6)21(2,3)4)22(18-14-10-8-11-15-18)19-16-12-9-13-17-19/h7,18-20H,1,8-17,24H2,2-6H3. The van der Waals surface area contributed by atoms with Crippen LogP contribution in [0.25, 0.3) is 0 Å². The fourth-order valence-electron chi connectivity index (χ4n) is 4.42. The lowest BCUT2D eigenvalue weighted by Gasteiger charge is -2.49. The first-order chi connectivity index (χ1) is 11.8. The van der Waals surface area contributed by atoms with Gasteiger partial charge in [0.25, 0.3) is 0 Å². The van der Waals surface area contributed by atoms with E-state index in [-0.39, 0.29) is 5.04 Å². The van der Waals surface area contributed by atoms with Crippen LogP contribution in [0.3, 0.4) is 0 Å². The van der Waals surface area contributed by atoms with Crippen molar-refractivity contribution < 1.29 is 4.43 Å². The molecule has 2 saturated carbocycles. The Morgan fingerprint density at radius 2 is 1.40 bits per heavy atom. The second-order valence-electron chi connectivity index (χ2n) is 9.89. The molecule has 4 heteroatoms. The first-order valence-corrected chi connectivity index (χ1v) is 15.4. The molecule has 2 rings (SSSR count). The van der Waals surface area contributed by atoms with Crippen LogP contribution in [0.2, 0.25) is 18.1 Å². The second kappa shape index (κ2) is 9.34. The predicted molar refractivity (Wildman–Crippen MR) is 116 cm³/mol. The molecular weight excluding hydrogens is 338 g/mol. The average Bonchev–Trinajstić information content (AvgIpc) is 2.56. The molecule has 25 heavy (non-hydrogen) atoms. The van der Waals surface area contributed by atoms with Crippen LogP contribution >= 0.6 is 0 Å². The molecule has 1 atom stereocenters. The van der Waals surface area contributed by atoms with Crippen LogP contribution in [-0.4, -0.2) is 40.7 Å². The van der Waals surface area contributed by atoms with Gasteiger partial charge in [0.15, 0.2) is 8.32 Å². The maximum Gasteiger partial charge on any atom is 0.193 e. The number of hydrogen-bond donors (Lipinski definition) is 0. The van der Waals surface area contributed by atoms with Crippen molar-refractivity contribution in [1.82, 2.24) is 4.90 Å². The van der Waals surface area contributed by atoms with Gasteiger partial charge in [-0.1, -0.05) is 59.3 Å². The fraction of sp³-hybridized carbons (Fsp3) is 0.905. The van der Waals surface area contributed by atoms with Gasteiger partial charge in [-0.05, 0) is 43.8 Å². The molecule has 0 aromatic carbocycles. The van der Waals surface area contributed by atoms with Crippen molar-refractivity contribution in [2.24, 2.45) is 0 Å². The van der Waals surface area contributed by atoms with Gasteiger partial charge in [-0.15, -0.1) is 12.3 Å². The molecule has 0 heterocycles. The largest absolute Gasteiger partial charge is 0.405 e. The minimum Gasteiger partial charge on any atom is -0.405 e. The van der Waals surface area contributed by atoms with E-state index < -0.39 is 17.8 Å². The Balaban J connectivity index is 2.23. The Kier molecular flexibility index (Phi) is 7.99. The second-order valence-corrected chi connectivity index (χ2v) is 16.4. The summed E-state index contributed by atoms with van der Waals surface area (Å²) in [5.41, 5.74) is 2.23. The summed E-state index contributed by atoms with van der Waals surface area (Å²) < 4.78 is 7.07. The summed E-state index contributed by atoms with van der Waals surface area (Å²) >= 11 is 0. The van der Waals surface area contributed by atoms with Crippen molar-refractivity contribution in [3.8, 4) is 0 Å². The molecule has 0 bridgehead atoms. The summed E-state index contributed by atoms with van der Waals surface area (Å²) in [6.07, 6.45) is 14.1. The Bertz CT molecular complexity index is 389. The van der Waals surface area contributed by atoms with Crippen LogP contribution in [0.1, 0.15) is 85.0 Å². The highest BCUT2D eigenvalue weighted by Crippen LogP contribution is 2.39. The summed E-state index contributed by atoms with van der Waals surface area (Å²) in [5.74, 6) is 0.379. The third kappa shape index (κ3) is 5.78. The van der Waals surface area contributed by atoms with Crippen LogP contribution in [0.15, 0.2) is 12.3 Å². The summed E-state index contributed by atoms with van der Waals surface area (Å²) in [6, 6.07) is 1.53. The molecule has 2 aliphatic rings. The van der Waals surface area contributed by atoms with Crippen molar-refractivity contribution in [2.75, 3.05) is 0 Å². The average molecular weight is 382 g/mol. The first-order valence-electron chi connectivity index (χ1n) is 10.8. The number of rotatable bonds is 7. The maximum absolute atomic E-state index is 7.07. The lowest BCUT2D eigenvalue weighted by atomic mass is 9.89. The van der Waals surface area contributed by atoms with Gasteiger partial charge in [-0.25, -0.2) is 0 Å². The Labute approximate surface area is 160 Å². The number of hydrogen-bond acceptors (Lipinski definition) is 2. The zero-order valence-corrected chi connectivity index (χ0v) is 20.1. The van der Waals surface area contributed by atoms with Gasteiger partial charge in [-0.3, -0.25) is 4.90 Å². The topological polar surface area (TPSA) is 12.5 Å². The molecular formula is C21H43NOSi2. The van der Waals surface area contributed by atoms with E-state index in [0.717, 1.165) is 12.1 Å². The van der Waals surface area contributed by atoms with Gasteiger partial charge < -0.3 is 4.43 Å². The van der Waals surface area contributed by atoms with E-state index in [0.29, 0.717) is 5.85 Å². The highest BCUT2D eigenvalue weighted by atomic mass is 28.4. The maximum atomic E-state index is 7.07. The highest BCUT2D eigenvalue weighted by molar-refractivity contribution is 6.74. The van der Waals surface area contributed by atoms with Crippen LogP contribution in [0.5, 0.6) is 0 Å². The van der Waals surface area contributed by atoms with Gasteiger partial charge in [0.1, 0.15) is 0 Å². The van der Waals surface area contributed by atoms with Crippen molar-refractivity contribution in [2.45, 2.75) is 121 Å². The van der Waals surface area contributed by atoms with Gasteiger partial charge in [-0.2, -0.15) is 0 Å². The molecule has 0 N–H and O–H groups in total. The lowest BCUT2D eigenvalue weighted by Crippen LogP contribution is -2.58. The molecule has 2 fully saturated rings. The molecule has 0 aromatic heterocycles. The third-order valence-corrected chi connectivity index (χ3v) is 13.1. The Morgan fingerprint density at radius 1 is 0.960 bits per heavy atom.